The molecule has 1 aliphatic heterocycles. The van der Waals surface area contributed by atoms with Gasteiger partial charge in [0.15, 0.2) is 0 Å². The van der Waals surface area contributed by atoms with E-state index in [2.05, 4.69) is 15.3 Å². The van der Waals surface area contributed by atoms with Gasteiger partial charge in [-0.05, 0) is 65.3 Å². The highest BCUT2D eigenvalue weighted by molar-refractivity contribution is 6.10. The van der Waals surface area contributed by atoms with Crippen molar-refractivity contribution >= 4 is 28.3 Å². The van der Waals surface area contributed by atoms with E-state index >= 15 is 4.39 Å². The number of rotatable bonds is 5. The van der Waals surface area contributed by atoms with Crippen molar-refractivity contribution in [2.75, 3.05) is 17.3 Å². The fraction of sp³-hybridized carbons (Fsp3) is 0.423. The highest BCUT2D eigenvalue weighted by Gasteiger charge is 2.49. The van der Waals surface area contributed by atoms with Gasteiger partial charge in [0.05, 0.1) is 22.5 Å². The number of fused-ring (bicyclic) bond motifs is 2. The zero-order chi connectivity index (χ0) is 26.1. The molecule has 0 saturated heterocycles. The standard InChI is InChI=1S/C26H29F3N4O2/c1-13(15-9-8-10-17(21(15)27)26(28,29)25(5,6)35)30-22-16-11-20-18(12-19(16)31-14(2)32-22)24(3,4)23(34)33(20)7/h8-13,35H,1-7H3,(H,30,31,32)/t13-/m1/s1. The Morgan fingerprint density at radius 2 is 1.83 bits per heavy atom. The van der Waals surface area contributed by atoms with Gasteiger partial charge in [-0.25, -0.2) is 14.4 Å². The minimum atomic E-state index is -3.80. The summed E-state index contributed by atoms with van der Waals surface area (Å²) >= 11 is 0. The number of benzene rings is 2. The maximum Gasteiger partial charge on any atom is 0.303 e. The molecule has 2 heterocycles. The van der Waals surface area contributed by atoms with Crippen molar-refractivity contribution in [1.82, 2.24) is 9.97 Å². The Morgan fingerprint density at radius 1 is 1.17 bits per heavy atom. The lowest BCUT2D eigenvalue weighted by Crippen LogP contribution is -2.41. The fourth-order valence-electron chi connectivity index (χ4n) is 4.55. The number of halogens is 3. The normalized spacial score (nSPS) is 16.5. The molecule has 0 spiro atoms. The molecule has 1 amide bonds. The first-order chi connectivity index (χ1) is 16.1. The van der Waals surface area contributed by atoms with Crippen LogP contribution in [0.5, 0.6) is 0 Å². The van der Waals surface area contributed by atoms with Gasteiger partial charge in [0, 0.05) is 23.7 Å². The first-order valence-electron chi connectivity index (χ1n) is 11.3. The third kappa shape index (κ3) is 3.82. The SMILES string of the molecule is Cc1nc(N[C@H](C)c2cccc(C(F)(F)C(C)(C)O)c2F)c2cc3c(cc2n1)C(C)(C)C(=O)N3C. The number of aryl methyl sites for hydroxylation is 1. The van der Waals surface area contributed by atoms with E-state index in [-0.39, 0.29) is 11.5 Å². The molecule has 0 bridgehead atoms. The summed E-state index contributed by atoms with van der Waals surface area (Å²) in [5.41, 5.74) is -1.82. The molecule has 6 nitrogen and oxygen atoms in total. The van der Waals surface area contributed by atoms with Crippen LogP contribution < -0.4 is 10.2 Å². The predicted molar refractivity (Wildman–Crippen MR) is 129 cm³/mol. The van der Waals surface area contributed by atoms with Crippen LogP contribution in [0, 0.1) is 12.7 Å². The highest BCUT2D eigenvalue weighted by Crippen LogP contribution is 2.44. The molecule has 3 aromatic rings. The van der Waals surface area contributed by atoms with Crippen molar-refractivity contribution in [2.45, 2.75) is 64.5 Å². The van der Waals surface area contributed by atoms with Crippen LogP contribution in [-0.2, 0) is 16.1 Å². The number of nitrogens with one attached hydrogen (secondary N) is 1. The van der Waals surface area contributed by atoms with E-state index in [4.69, 9.17) is 0 Å². The number of anilines is 2. The Hall–Kier alpha value is -3.20. The van der Waals surface area contributed by atoms with Crippen LogP contribution in [-0.4, -0.2) is 33.6 Å². The molecule has 2 N–H and O–H groups in total. The molecule has 0 unspecified atom stereocenters. The summed E-state index contributed by atoms with van der Waals surface area (Å²) in [7, 11) is 1.70. The maximum atomic E-state index is 15.3. The lowest BCUT2D eigenvalue weighted by Gasteiger charge is -2.30. The molecule has 4 rings (SSSR count). The average Bonchev–Trinajstić information content (AvgIpc) is 2.91. The minimum absolute atomic E-state index is 0.00503. The summed E-state index contributed by atoms with van der Waals surface area (Å²) in [5, 5.41) is 13.7. The molecular formula is C26H29F3N4O2. The van der Waals surface area contributed by atoms with E-state index in [0.717, 1.165) is 31.2 Å². The lowest BCUT2D eigenvalue weighted by atomic mass is 9.85. The number of hydrogen-bond acceptors (Lipinski definition) is 5. The Balaban J connectivity index is 1.79. The zero-order valence-electron chi connectivity index (χ0n) is 20.8. The van der Waals surface area contributed by atoms with E-state index in [9.17, 15) is 18.7 Å². The minimum Gasteiger partial charge on any atom is -0.384 e. The number of alkyl halides is 2. The van der Waals surface area contributed by atoms with E-state index in [1.54, 1.807) is 25.8 Å². The van der Waals surface area contributed by atoms with Gasteiger partial charge < -0.3 is 15.3 Å². The summed E-state index contributed by atoms with van der Waals surface area (Å²) in [4.78, 5) is 23.3. The number of hydrogen-bond donors (Lipinski definition) is 2. The van der Waals surface area contributed by atoms with Crippen LogP contribution in [0.2, 0.25) is 0 Å². The summed E-state index contributed by atoms with van der Waals surface area (Å²) in [6.45, 7) is 8.96. The Morgan fingerprint density at radius 3 is 2.46 bits per heavy atom. The summed E-state index contributed by atoms with van der Waals surface area (Å²) in [5.74, 6) is -4.07. The van der Waals surface area contributed by atoms with Crippen LogP contribution in [0.1, 0.15) is 63.2 Å². The Bertz CT molecular complexity index is 1350. The van der Waals surface area contributed by atoms with Crippen molar-refractivity contribution in [1.29, 1.82) is 0 Å². The summed E-state index contributed by atoms with van der Waals surface area (Å²) in [6, 6.07) is 6.67. The maximum absolute atomic E-state index is 15.3. The lowest BCUT2D eigenvalue weighted by molar-refractivity contribution is -0.170. The second-order valence-corrected chi connectivity index (χ2v) is 10.2. The quantitative estimate of drug-likeness (QED) is 0.507. The van der Waals surface area contributed by atoms with Crippen molar-refractivity contribution in [3.05, 3.63) is 58.7 Å². The van der Waals surface area contributed by atoms with Gasteiger partial charge in [-0.3, -0.25) is 4.79 Å². The Kier molecular flexibility index (Phi) is 5.63. The molecule has 0 aliphatic carbocycles. The molecule has 35 heavy (non-hydrogen) atoms. The molecule has 1 aliphatic rings. The molecule has 1 aromatic heterocycles. The zero-order valence-corrected chi connectivity index (χ0v) is 20.8. The number of aromatic nitrogens is 2. The second kappa shape index (κ2) is 7.91. The summed E-state index contributed by atoms with van der Waals surface area (Å²) < 4.78 is 44.8. The number of nitrogens with zero attached hydrogens (tertiary/aromatic N) is 3. The van der Waals surface area contributed by atoms with Gasteiger partial charge in [-0.15, -0.1) is 0 Å². The third-order valence-corrected chi connectivity index (χ3v) is 6.75. The van der Waals surface area contributed by atoms with E-state index in [1.165, 1.54) is 12.1 Å². The second-order valence-electron chi connectivity index (χ2n) is 10.2. The number of likely N-dealkylation sites (N-methyl/N-ethyl adjacent to an activating group) is 1. The summed E-state index contributed by atoms with van der Waals surface area (Å²) in [6.07, 6.45) is 0. The molecule has 9 heteroatoms. The molecule has 0 radical (unpaired) electrons. The molecule has 0 saturated carbocycles. The average molecular weight is 487 g/mol. The van der Waals surface area contributed by atoms with Gasteiger partial charge >= 0.3 is 5.92 Å². The highest BCUT2D eigenvalue weighted by atomic mass is 19.3. The smallest absolute Gasteiger partial charge is 0.303 e. The fourth-order valence-corrected chi connectivity index (χ4v) is 4.55. The van der Waals surface area contributed by atoms with E-state index in [1.807, 2.05) is 26.0 Å². The van der Waals surface area contributed by atoms with Gasteiger partial charge in [0.2, 0.25) is 5.91 Å². The van der Waals surface area contributed by atoms with Gasteiger partial charge in [0.25, 0.3) is 0 Å². The third-order valence-electron chi connectivity index (χ3n) is 6.75. The first kappa shape index (κ1) is 24.9. The van der Waals surface area contributed by atoms with Crippen molar-refractivity contribution < 1.29 is 23.1 Å². The topological polar surface area (TPSA) is 78.4 Å². The van der Waals surface area contributed by atoms with Crippen molar-refractivity contribution in [2.24, 2.45) is 0 Å². The van der Waals surface area contributed by atoms with Crippen molar-refractivity contribution in [3.8, 4) is 0 Å². The van der Waals surface area contributed by atoms with E-state index in [0.29, 0.717) is 22.5 Å². The van der Waals surface area contributed by atoms with Crippen LogP contribution in [0.3, 0.4) is 0 Å². The molecular weight excluding hydrogens is 457 g/mol. The number of amides is 1. The van der Waals surface area contributed by atoms with Crippen LogP contribution in [0.25, 0.3) is 10.9 Å². The first-order valence-corrected chi connectivity index (χ1v) is 11.3. The van der Waals surface area contributed by atoms with Crippen molar-refractivity contribution in [3.63, 3.8) is 0 Å². The number of aliphatic hydroxyl groups is 1. The molecule has 0 fully saturated rings. The molecule has 186 valence electrons. The van der Waals surface area contributed by atoms with Gasteiger partial charge in [0.1, 0.15) is 23.1 Å². The largest absolute Gasteiger partial charge is 0.384 e. The molecule has 1 atom stereocenters. The van der Waals surface area contributed by atoms with E-state index < -0.39 is 34.4 Å². The van der Waals surface area contributed by atoms with Crippen LogP contribution in [0.15, 0.2) is 30.3 Å². The number of carbonyl (C=O) groups excluding carboxylic acids is 1. The predicted octanol–water partition coefficient (Wildman–Crippen LogP) is 5.37. The van der Waals surface area contributed by atoms with Gasteiger partial charge in [-0.2, -0.15) is 8.78 Å². The monoisotopic (exact) mass is 486 g/mol. The van der Waals surface area contributed by atoms with Crippen LogP contribution in [0.4, 0.5) is 24.7 Å². The number of carbonyl (C=O) groups is 1. The molecule has 2 aromatic carbocycles. The van der Waals surface area contributed by atoms with Gasteiger partial charge in [-0.1, -0.05) is 12.1 Å². The Labute approximate surface area is 202 Å². The van der Waals surface area contributed by atoms with Crippen LogP contribution >= 0.6 is 0 Å².